The molecule has 0 saturated carbocycles. The maximum atomic E-state index is 12.6. The van der Waals surface area contributed by atoms with E-state index in [1.807, 2.05) is 0 Å². The molecule has 0 fully saturated rings. The van der Waals surface area contributed by atoms with Crippen molar-refractivity contribution in [3.63, 3.8) is 0 Å². The molecule has 1 rings (SSSR count). The molecule has 0 aliphatic rings. The monoisotopic (exact) mass is 402 g/mol. The second-order valence-corrected chi connectivity index (χ2v) is 6.09. The van der Waals surface area contributed by atoms with Gasteiger partial charge < -0.3 is 0 Å². The van der Waals surface area contributed by atoms with E-state index in [0.29, 0.717) is 18.2 Å². The highest BCUT2D eigenvalue weighted by Gasteiger charge is 2.54. The van der Waals surface area contributed by atoms with Crippen LogP contribution in [-0.2, 0) is 22.7 Å². The van der Waals surface area contributed by atoms with E-state index >= 15 is 0 Å². The number of hydrogen-bond donors (Lipinski definition) is 1. The predicted molar refractivity (Wildman–Crippen MR) is 65.8 cm³/mol. The lowest BCUT2D eigenvalue weighted by Crippen LogP contribution is -2.30. The molecule has 0 atom stereocenters. The molecule has 1 aromatic rings. The summed E-state index contributed by atoms with van der Waals surface area (Å²) in [4.78, 5) is -2.49. The second-order valence-electron chi connectivity index (χ2n) is 4.64. The van der Waals surface area contributed by atoms with Crippen LogP contribution >= 0.6 is 0 Å². The lowest BCUT2D eigenvalue weighted by atomic mass is 10.1. The molecular formula is C12H7F9O3S. The van der Waals surface area contributed by atoms with Crippen molar-refractivity contribution in [3.05, 3.63) is 45.9 Å². The molecule has 0 bridgehead atoms. The van der Waals surface area contributed by atoms with Crippen LogP contribution in [0.3, 0.4) is 0 Å². The first-order chi connectivity index (χ1) is 10.9. The number of benzene rings is 1. The average Bonchev–Trinajstić information content (AvgIpc) is 2.32. The van der Waals surface area contributed by atoms with Crippen LogP contribution in [0, 0.1) is 0 Å². The standard InChI is InChI=1S/C12H7F9O3S/c13-10(14,15)7-3-1-2-6(4-7)5-8(25(22,23)24)9(11(16,17)18)12(19,20)21/h1-4H,5H2,(H,22,23,24). The Balaban J connectivity index is 3.63. The summed E-state index contributed by atoms with van der Waals surface area (Å²) in [6.45, 7) is 0. The van der Waals surface area contributed by atoms with Crippen molar-refractivity contribution >= 4 is 10.1 Å². The predicted octanol–water partition coefficient (Wildman–Crippen LogP) is 4.51. The van der Waals surface area contributed by atoms with E-state index < -0.39 is 56.7 Å². The van der Waals surface area contributed by atoms with Crippen LogP contribution in [0.1, 0.15) is 11.1 Å². The fraction of sp³-hybridized carbons (Fsp3) is 0.333. The quantitative estimate of drug-likeness (QED) is 0.598. The normalized spacial score (nSPS) is 13.7. The van der Waals surface area contributed by atoms with Crippen molar-refractivity contribution < 1.29 is 52.5 Å². The minimum absolute atomic E-state index is 0.176. The Morgan fingerprint density at radius 3 is 1.76 bits per heavy atom. The first kappa shape index (κ1) is 21.3. The molecule has 0 heterocycles. The van der Waals surface area contributed by atoms with Crippen molar-refractivity contribution in [3.8, 4) is 0 Å². The minimum Gasteiger partial charge on any atom is -0.282 e. The van der Waals surface area contributed by atoms with Gasteiger partial charge in [-0.25, -0.2) is 0 Å². The summed E-state index contributed by atoms with van der Waals surface area (Å²) < 4.78 is 144. The van der Waals surface area contributed by atoms with Crippen molar-refractivity contribution in [2.24, 2.45) is 0 Å². The first-order valence-electron chi connectivity index (χ1n) is 5.95. The van der Waals surface area contributed by atoms with Crippen LogP contribution in [0.5, 0.6) is 0 Å². The Kier molecular flexibility index (Phi) is 5.55. The zero-order valence-electron chi connectivity index (χ0n) is 11.6. The van der Waals surface area contributed by atoms with Gasteiger partial charge in [0, 0.05) is 6.42 Å². The van der Waals surface area contributed by atoms with Gasteiger partial charge in [-0.1, -0.05) is 18.2 Å². The van der Waals surface area contributed by atoms with Gasteiger partial charge in [0.15, 0.2) is 5.57 Å². The fourth-order valence-corrected chi connectivity index (χ4v) is 2.67. The van der Waals surface area contributed by atoms with E-state index in [1.165, 1.54) is 0 Å². The fourth-order valence-electron chi connectivity index (χ4n) is 1.83. The van der Waals surface area contributed by atoms with Gasteiger partial charge in [-0.3, -0.25) is 4.55 Å². The molecule has 1 N–H and O–H groups in total. The van der Waals surface area contributed by atoms with Crippen LogP contribution in [0.4, 0.5) is 39.5 Å². The summed E-state index contributed by atoms with van der Waals surface area (Å²) in [5.74, 6) is 0. The second kappa shape index (κ2) is 6.52. The molecule has 0 aliphatic heterocycles. The Morgan fingerprint density at radius 1 is 0.920 bits per heavy atom. The molecule has 13 heteroatoms. The van der Waals surface area contributed by atoms with Crippen LogP contribution in [-0.4, -0.2) is 25.3 Å². The highest BCUT2D eigenvalue weighted by atomic mass is 32.2. The summed E-state index contributed by atoms with van der Waals surface area (Å²) >= 11 is 0. The van der Waals surface area contributed by atoms with Crippen LogP contribution in [0.2, 0.25) is 0 Å². The molecule has 0 unspecified atom stereocenters. The third-order valence-corrected chi connectivity index (χ3v) is 3.75. The Labute approximate surface area is 134 Å². The molecule has 0 radical (unpaired) electrons. The lowest BCUT2D eigenvalue weighted by Gasteiger charge is -2.19. The summed E-state index contributed by atoms with van der Waals surface area (Å²) in [5.41, 5.74) is -5.76. The first-order valence-corrected chi connectivity index (χ1v) is 7.39. The number of alkyl halides is 9. The van der Waals surface area contributed by atoms with E-state index in [9.17, 15) is 47.9 Å². The largest absolute Gasteiger partial charge is 0.422 e. The molecule has 0 spiro atoms. The average molecular weight is 402 g/mol. The van der Waals surface area contributed by atoms with Crippen molar-refractivity contribution in [1.82, 2.24) is 0 Å². The van der Waals surface area contributed by atoms with Gasteiger partial charge in [0.2, 0.25) is 0 Å². The van der Waals surface area contributed by atoms with Crippen LogP contribution in [0.15, 0.2) is 34.7 Å². The van der Waals surface area contributed by atoms with Crippen LogP contribution < -0.4 is 0 Å². The maximum Gasteiger partial charge on any atom is 0.422 e. The van der Waals surface area contributed by atoms with Crippen molar-refractivity contribution in [2.75, 3.05) is 0 Å². The zero-order chi connectivity index (χ0) is 19.8. The number of allylic oxidation sites excluding steroid dienone is 2. The van der Waals surface area contributed by atoms with Crippen molar-refractivity contribution in [2.45, 2.75) is 24.9 Å². The third kappa shape index (κ3) is 5.63. The Morgan fingerprint density at radius 2 is 1.40 bits per heavy atom. The smallest absolute Gasteiger partial charge is 0.282 e. The van der Waals surface area contributed by atoms with E-state index in [-0.39, 0.29) is 6.07 Å². The third-order valence-electron chi connectivity index (χ3n) is 2.78. The highest BCUT2D eigenvalue weighted by Crippen LogP contribution is 2.42. The molecule has 0 aliphatic carbocycles. The molecule has 0 aromatic heterocycles. The number of halogens is 9. The van der Waals surface area contributed by atoms with Crippen molar-refractivity contribution in [1.29, 1.82) is 0 Å². The van der Waals surface area contributed by atoms with Gasteiger partial charge >= 0.3 is 18.5 Å². The van der Waals surface area contributed by atoms with Gasteiger partial charge in [-0.2, -0.15) is 47.9 Å². The van der Waals surface area contributed by atoms with Crippen LogP contribution in [0.25, 0.3) is 0 Å². The van der Waals surface area contributed by atoms with Gasteiger partial charge in [-0.05, 0) is 11.6 Å². The minimum atomic E-state index is -6.22. The SMILES string of the molecule is O=S(=O)(O)C(Cc1cccc(C(F)(F)F)c1)=C(C(F)(F)F)C(F)(F)F. The van der Waals surface area contributed by atoms with Gasteiger partial charge in [0.05, 0.1) is 10.5 Å². The molecule has 25 heavy (non-hydrogen) atoms. The lowest BCUT2D eigenvalue weighted by molar-refractivity contribution is -0.172. The topological polar surface area (TPSA) is 54.4 Å². The molecular weight excluding hydrogens is 395 g/mol. The van der Waals surface area contributed by atoms with Gasteiger partial charge in [0.1, 0.15) is 0 Å². The maximum absolute atomic E-state index is 12.6. The molecule has 142 valence electrons. The molecule has 0 saturated heterocycles. The summed E-state index contributed by atoms with van der Waals surface area (Å²) in [6.07, 6.45) is -19.1. The molecule has 0 amide bonds. The highest BCUT2D eigenvalue weighted by molar-refractivity contribution is 7.89. The van der Waals surface area contributed by atoms with E-state index in [0.717, 1.165) is 0 Å². The zero-order valence-corrected chi connectivity index (χ0v) is 12.4. The molecule has 3 nitrogen and oxygen atoms in total. The van der Waals surface area contributed by atoms with Gasteiger partial charge in [-0.15, -0.1) is 0 Å². The van der Waals surface area contributed by atoms with Gasteiger partial charge in [0.25, 0.3) is 10.1 Å². The van der Waals surface area contributed by atoms with E-state index in [2.05, 4.69) is 0 Å². The Bertz CT molecular complexity index is 754. The Hall–Kier alpha value is -1.76. The number of rotatable bonds is 3. The molecule has 1 aromatic carbocycles. The summed E-state index contributed by atoms with van der Waals surface area (Å²) in [5, 5.41) is 0. The number of hydrogen-bond acceptors (Lipinski definition) is 2. The summed E-state index contributed by atoms with van der Waals surface area (Å²) in [6, 6.07) is 2.01. The van der Waals surface area contributed by atoms with E-state index in [1.54, 1.807) is 0 Å². The van der Waals surface area contributed by atoms with E-state index in [4.69, 9.17) is 4.55 Å². The summed E-state index contributed by atoms with van der Waals surface area (Å²) in [7, 11) is -6.02.